The van der Waals surface area contributed by atoms with Gasteiger partial charge in [-0.1, -0.05) is 89.1 Å². The normalized spacial score (nSPS) is 11.6. The molecule has 0 aliphatic rings. The zero-order valence-electron chi connectivity index (χ0n) is 16.6. The molecule has 4 nitrogen and oxygen atoms in total. The lowest BCUT2D eigenvalue weighted by molar-refractivity contribution is -0.671. The number of nitrogens with zero attached hydrogens (tertiary/aromatic N) is 3. The van der Waals surface area contributed by atoms with Crippen molar-refractivity contribution < 1.29 is 9.77 Å². The number of imidazole rings is 1. The van der Waals surface area contributed by atoms with E-state index in [0.29, 0.717) is 0 Å². The van der Waals surface area contributed by atoms with Crippen LogP contribution in [0.15, 0.2) is 17.5 Å². The monoisotopic (exact) mass is 350 g/mol. The summed E-state index contributed by atoms with van der Waals surface area (Å²) in [6.07, 6.45) is 25.0. The van der Waals surface area contributed by atoms with Gasteiger partial charge in [-0.15, -0.1) is 0 Å². The standard InChI is InChI=1S/C21H39N3O/c1-3-4-5-6-7-8-9-10-11-12-13-14-15-16-17-24-19-18-23(2)21(24)20-22-25/h18-20H,3-17H2,1-2H3/p+1. The molecule has 0 spiro atoms. The molecule has 0 radical (unpaired) electrons. The summed E-state index contributed by atoms with van der Waals surface area (Å²) in [4.78, 5) is 0. The molecule has 0 aliphatic carbocycles. The van der Waals surface area contributed by atoms with Crippen LogP contribution in [-0.4, -0.2) is 16.0 Å². The molecule has 0 unspecified atom stereocenters. The summed E-state index contributed by atoms with van der Waals surface area (Å²) in [5.41, 5.74) is 0. The van der Waals surface area contributed by atoms with Gasteiger partial charge in [-0.2, -0.15) is 0 Å². The first-order valence-electron chi connectivity index (χ1n) is 10.5. The topological polar surface area (TPSA) is 41.4 Å². The van der Waals surface area contributed by atoms with Crippen LogP contribution in [0.25, 0.3) is 0 Å². The summed E-state index contributed by atoms with van der Waals surface area (Å²) in [6.45, 7) is 3.28. The van der Waals surface area contributed by atoms with Crippen LogP contribution < -0.4 is 4.57 Å². The summed E-state index contributed by atoms with van der Waals surface area (Å²) in [7, 11) is 1.97. The molecule has 0 bridgehead atoms. The third-order valence-corrected chi connectivity index (χ3v) is 5.05. The Bertz CT molecular complexity index is 454. The lowest BCUT2D eigenvalue weighted by Crippen LogP contribution is -2.32. The SMILES string of the molecule is CCCCCCCCCCCCCCCCn1cc[n+](C)c1C=NO. The van der Waals surface area contributed by atoms with E-state index in [-0.39, 0.29) is 0 Å². The average Bonchev–Trinajstić information content (AvgIpc) is 2.96. The molecule has 0 saturated heterocycles. The van der Waals surface area contributed by atoms with E-state index in [1.54, 1.807) is 0 Å². The van der Waals surface area contributed by atoms with Crippen molar-refractivity contribution in [2.75, 3.05) is 0 Å². The molecule has 1 aromatic heterocycles. The Kier molecular flexibility index (Phi) is 13.0. The Labute approximate surface area is 154 Å². The molecule has 0 amide bonds. The van der Waals surface area contributed by atoms with Gasteiger partial charge in [-0.05, 0) is 12.8 Å². The van der Waals surface area contributed by atoms with E-state index in [1.165, 1.54) is 96.1 Å². The molecule has 25 heavy (non-hydrogen) atoms. The summed E-state index contributed by atoms with van der Waals surface area (Å²) < 4.78 is 4.13. The van der Waals surface area contributed by atoms with Crippen LogP contribution in [-0.2, 0) is 13.6 Å². The Morgan fingerprint density at radius 3 is 1.84 bits per heavy atom. The van der Waals surface area contributed by atoms with Gasteiger partial charge in [-0.25, -0.2) is 9.13 Å². The van der Waals surface area contributed by atoms with E-state index in [0.717, 1.165) is 12.4 Å². The van der Waals surface area contributed by atoms with Crippen molar-refractivity contribution in [2.24, 2.45) is 12.2 Å². The maximum absolute atomic E-state index is 8.72. The molecule has 0 atom stereocenters. The first-order valence-corrected chi connectivity index (χ1v) is 10.5. The van der Waals surface area contributed by atoms with Crippen LogP contribution in [0.5, 0.6) is 0 Å². The van der Waals surface area contributed by atoms with Crippen molar-refractivity contribution >= 4 is 6.21 Å². The Morgan fingerprint density at radius 2 is 1.36 bits per heavy atom. The highest BCUT2D eigenvalue weighted by Crippen LogP contribution is 2.13. The Balaban J connectivity index is 1.89. The third-order valence-electron chi connectivity index (χ3n) is 5.05. The van der Waals surface area contributed by atoms with E-state index in [2.05, 4.69) is 22.8 Å². The Hall–Kier alpha value is -1.32. The minimum absolute atomic E-state index is 0.942. The summed E-state index contributed by atoms with van der Waals surface area (Å²) in [5, 5.41) is 11.9. The molecule has 0 aliphatic heterocycles. The van der Waals surface area contributed by atoms with Crippen LogP contribution in [0, 0.1) is 0 Å². The van der Waals surface area contributed by atoms with Crippen molar-refractivity contribution in [3.63, 3.8) is 0 Å². The second kappa shape index (κ2) is 15.0. The number of hydrogen-bond donors (Lipinski definition) is 1. The van der Waals surface area contributed by atoms with Gasteiger partial charge >= 0.3 is 5.82 Å². The van der Waals surface area contributed by atoms with Crippen LogP contribution in [0.1, 0.15) is 103 Å². The van der Waals surface area contributed by atoms with Gasteiger partial charge in [0.2, 0.25) is 0 Å². The molecule has 0 saturated carbocycles. The fourth-order valence-corrected chi connectivity index (χ4v) is 3.42. The highest BCUT2D eigenvalue weighted by Gasteiger charge is 2.11. The van der Waals surface area contributed by atoms with E-state index in [1.807, 2.05) is 17.8 Å². The van der Waals surface area contributed by atoms with Gasteiger partial charge < -0.3 is 5.21 Å². The zero-order chi connectivity index (χ0) is 18.2. The molecule has 144 valence electrons. The van der Waals surface area contributed by atoms with Crippen LogP contribution in [0.2, 0.25) is 0 Å². The molecular formula is C21H40N3O+. The second-order valence-corrected chi connectivity index (χ2v) is 7.30. The van der Waals surface area contributed by atoms with Gasteiger partial charge in [0.25, 0.3) is 0 Å². The van der Waals surface area contributed by atoms with Crippen molar-refractivity contribution in [2.45, 2.75) is 103 Å². The fourth-order valence-electron chi connectivity index (χ4n) is 3.42. The maximum atomic E-state index is 8.72. The minimum atomic E-state index is 0.942. The van der Waals surface area contributed by atoms with Gasteiger partial charge in [0, 0.05) is 0 Å². The van der Waals surface area contributed by atoms with Crippen LogP contribution in [0.3, 0.4) is 0 Å². The maximum Gasteiger partial charge on any atom is 0.303 e. The Morgan fingerprint density at radius 1 is 0.880 bits per heavy atom. The van der Waals surface area contributed by atoms with Crippen LogP contribution >= 0.6 is 0 Å². The highest BCUT2D eigenvalue weighted by molar-refractivity contribution is 5.72. The van der Waals surface area contributed by atoms with E-state index >= 15 is 0 Å². The molecule has 0 fully saturated rings. The number of rotatable bonds is 16. The van der Waals surface area contributed by atoms with Crippen molar-refractivity contribution in [3.05, 3.63) is 18.2 Å². The van der Waals surface area contributed by atoms with Crippen LogP contribution in [0.4, 0.5) is 0 Å². The number of unbranched alkanes of at least 4 members (excludes halogenated alkanes) is 13. The summed E-state index contributed by atoms with van der Waals surface area (Å²) in [5.74, 6) is 0.942. The third kappa shape index (κ3) is 10.3. The summed E-state index contributed by atoms with van der Waals surface area (Å²) in [6, 6.07) is 0. The first-order chi connectivity index (χ1) is 12.3. The molecular weight excluding hydrogens is 310 g/mol. The van der Waals surface area contributed by atoms with Crippen molar-refractivity contribution in [1.29, 1.82) is 0 Å². The smallest absolute Gasteiger partial charge is 0.303 e. The van der Waals surface area contributed by atoms with Crippen molar-refractivity contribution in [3.8, 4) is 0 Å². The molecule has 1 aromatic rings. The number of aromatic nitrogens is 2. The lowest BCUT2D eigenvalue weighted by atomic mass is 10.0. The van der Waals surface area contributed by atoms with Crippen molar-refractivity contribution in [1.82, 2.24) is 4.57 Å². The molecule has 0 aromatic carbocycles. The molecule has 1 N–H and O–H groups in total. The average molecular weight is 351 g/mol. The van der Waals surface area contributed by atoms with Gasteiger partial charge in [0.05, 0.1) is 13.6 Å². The largest absolute Gasteiger partial charge is 0.411 e. The second-order valence-electron chi connectivity index (χ2n) is 7.30. The van der Waals surface area contributed by atoms with E-state index in [4.69, 9.17) is 5.21 Å². The van der Waals surface area contributed by atoms with E-state index in [9.17, 15) is 0 Å². The number of hydrogen-bond acceptors (Lipinski definition) is 2. The first kappa shape index (κ1) is 21.7. The number of oxime groups is 1. The fraction of sp³-hybridized carbons (Fsp3) is 0.810. The predicted molar refractivity (Wildman–Crippen MR) is 105 cm³/mol. The molecule has 4 heteroatoms. The summed E-state index contributed by atoms with van der Waals surface area (Å²) >= 11 is 0. The molecule has 1 rings (SSSR count). The number of aryl methyl sites for hydroxylation is 2. The van der Waals surface area contributed by atoms with Gasteiger partial charge in [0.1, 0.15) is 12.4 Å². The minimum Gasteiger partial charge on any atom is -0.411 e. The predicted octanol–water partition coefficient (Wildman–Crippen LogP) is 5.60. The highest BCUT2D eigenvalue weighted by atomic mass is 16.4. The zero-order valence-corrected chi connectivity index (χ0v) is 16.6. The van der Waals surface area contributed by atoms with Gasteiger partial charge in [0.15, 0.2) is 6.21 Å². The molecule has 1 heterocycles. The quantitative estimate of drug-likeness (QED) is 0.136. The van der Waals surface area contributed by atoms with Gasteiger partial charge in [-0.3, -0.25) is 0 Å². The van der Waals surface area contributed by atoms with E-state index < -0.39 is 0 Å². The lowest BCUT2D eigenvalue weighted by Gasteiger charge is -2.03.